The molecule has 0 unspecified atom stereocenters. The van der Waals surface area contributed by atoms with Crippen LogP contribution in [0.5, 0.6) is 0 Å². The zero-order valence-electron chi connectivity index (χ0n) is 17.5. The lowest BCUT2D eigenvalue weighted by Gasteiger charge is -2.23. The molecular weight excluding hydrogens is 360 g/mol. The Labute approximate surface area is 165 Å². The Morgan fingerprint density at radius 1 is 1.11 bits per heavy atom. The van der Waals surface area contributed by atoms with E-state index in [0.717, 1.165) is 24.0 Å². The van der Waals surface area contributed by atoms with Gasteiger partial charge < -0.3 is 5.32 Å². The maximum absolute atomic E-state index is 12.2. The fourth-order valence-electron chi connectivity index (χ4n) is 3.25. The molecule has 1 N–H and O–H groups in total. The van der Waals surface area contributed by atoms with Gasteiger partial charge in [-0.15, -0.1) is 0 Å². The number of rotatable bonds is 12. The van der Waals surface area contributed by atoms with E-state index in [0.29, 0.717) is 37.5 Å². The third kappa shape index (κ3) is 8.78. The second-order valence-electron chi connectivity index (χ2n) is 7.51. The van der Waals surface area contributed by atoms with Crippen molar-refractivity contribution in [3.63, 3.8) is 0 Å². The van der Waals surface area contributed by atoms with Crippen LogP contribution in [-0.2, 0) is 14.8 Å². The normalized spacial score (nSPS) is 12.6. The molecule has 1 amide bonds. The SMILES string of the molecule is CCCC[C@H](CC)CNC(=O)CCCN(c1cc(C)cc(C)c1)S(C)(=O)=O. The average molecular weight is 397 g/mol. The molecule has 6 heteroatoms. The highest BCUT2D eigenvalue weighted by molar-refractivity contribution is 7.92. The third-order valence-electron chi connectivity index (χ3n) is 4.79. The Morgan fingerprint density at radius 3 is 2.26 bits per heavy atom. The molecule has 0 saturated carbocycles. The van der Waals surface area contributed by atoms with Crippen LogP contribution in [0.1, 0.15) is 63.5 Å². The van der Waals surface area contributed by atoms with Crippen molar-refractivity contribution in [2.75, 3.05) is 23.7 Å². The highest BCUT2D eigenvalue weighted by Gasteiger charge is 2.18. The monoisotopic (exact) mass is 396 g/mol. The van der Waals surface area contributed by atoms with Crippen LogP contribution in [0, 0.1) is 19.8 Å². The molecular formula is C21H36N2O3S. The molecule has 1 aromatic rings. The number of unbranched alkanes of at least 4 members (excludes halogenated alkanes) is 1. The highest BCUT2D eigenvalue weighted by Crippen LogP contribution is 2.22. The van der Waals surface area contributed by atoms with Gasteiger partial charge in [0.2, 0.25) is 15.9 Å². The number of sulfonamides is 1. The van der Waals surface area contributed by atoms with Gasteiger partial charge in [-0.05, 0) is 55.9 Å². The summed E-state index contributed by atoms with van der Waals surface area (Å²) in [6.45, 7) is 9.25. The smallest absolute Gasteiger partial charge is 0.232 e. The summed E-state index contributed by atoms with van der Waals surface area (Å²) in [5.41, 5.74) is 2.71. The van der Waals surface area contributed by atoms with Crippen LogP contribution in [0.3, 0.4) is 0 Å². The van der Waals surface area contributed by atoms with Gasteiger partial charge in [-0.25, -0.2) is 8.42 Å². The van der Waals surface area contributed by atoms with E-state index in [9.17, 15) is 13.2 Å². The topological polar surface area (TPSA) is 66.5 Å². The molecule has 154 valence electrons. The maximum atomic E-state index is 12.2. The fraction of sp³-hybridized carbons (Fsp3) is 0.667. The molecule has 1 aromatic carbocycles. The zero-order valence-corrected chi connectivity index (χ0v) is 18.4. The Morgan fingerprint density at radius 2 is 1.74 bits per heavy atom. The van der Waals surface area contributed by atoms with Crippen molar-refractivity contribution in [3.8, 4) is 0 Å². The molecule has 0 fully saturated rings. The van der Waals surface area contributed by atoms with Gasteiger partial charge in [0.25, 0.3) is 0 Å². The largest absolute Gasteiger partial charge is 0.356 e. The molecule has 0 spiro atoms. The second-order valence-corrected chi connectivity index (χ2v) is 9.41. The zero-order chi connectivity index (χ0) is 20.4. The van der Waals surface area contributed by atoms with Gasteiger partial charge in [0.05, 0.1) is 11.9 Å². The standard InChI is InChI=1S/C21H36N2O3S/c1-6-8-10-19(7-2)16-22-21(24)11-9-12-23(27(5,25)26)20-14-17(3)13-18(4)15-20/h13-15,19H,6-12,16H2,1-5H3,(H,22,24)/t19-/m0/s1. The summed E-state index contributed by atoms with van der Waals surface area (Å²) in [4.78, 5) is 12.1. The number of hydrogen-bond donors (Lipinski definition) is 1. The summed E-state index contributed by atoms with van der Waals surface area (Å²) < 4.78 is 25.8. The first-order valence-corrected chi connectivity index (χ1v) is 11.8. The van der Waals surface area contributed by atoms with E-state index in [2.05, 4.69) is 19.2 Å². The number of carbonyl (C=O) groups excluding carboxylic acids is 1. The Kier molecular flexibility index (Phi) is 9.84. The summed E-state index contributed by atoms with van der Waals surface area (Å²) in [6, 6.07) is 5.75. The van der Waals surface area contributed by atoms with Crippen LogP contribution in [-0.4, -0.2) is 33.7 Å². The van der Waals surface area contributed by atoms with Gasteiger partial charge in [-0.1, -0.05) is 39.2 Å². The second kappa shape index (κ2) is 11.3. The molecule has 0 aliphatic carbocycles. The summed E-state index contributed by atoms with van der Waals surface area (Å²) in [5, 5.41) is 3.01. The first-order chi connectivity index (χ1) is 12.7. The Hall–Kier alpha value is -1.56. The van der Waals surface area contributed by atoms with E-state index >= 15 is 0 Å². The minimum absolute atomic E-state index is 0.00109. The molecule has 0 heterocycles. The molecule has 0 aliphatic heterocycles. The number of hydrogen-bond acceptors (Lipinski definition) is 3. The molecule has 1 rings (SSSR count). The molecule has 0 radical (unpaired) electrons. The summed E-state index contributed by atoms with van der Waals surface area (Å²) in [7, 11) is -3.39. The van der Waals surface area contributed by atoms with Crippen molar-refractivity contribution in [3.05, 3.63) is 29.3 Å². The highest BCUT2D eigenvalue weighted by atomic mass is 32.2. The van der Waals surface area contributed by atoms with Gasteiger partial charge in [0.1, 0.15) is 0 Å². The Bertz CT molecular complexity index is 681. The van der Waals surface area contributed by atoms with E-state index in [1.807, 2.05) is 32.0 Å². The lowest BCUT2D eigenvalue weighted by molar-refractivity contribution is -0.121. The number of anilines is 1. The van der Waals surface area contributed by atoms with Gasteiger partial charge >= 0.3 is 0 Å². The summed E-state index contributed by atoms with van der Waals surface area (Å²) >= 11 is 0. The number of carbonyl (C=O) groups is 1. The predicted octanol–water partition coefficient (Wildman–Crippen LogP) is 4.18. The van der Waals surface area contributed by atoms with Crippen LogP contribution < -0.4 is 9.62 Å². The van der Waals surface area contributed by atoms with Crippen LogP contribution >= 0.6 is 0 Å². The van der Waals surface area contributed by atoms with E-state index in [4.69, 9.17) is 0 Å². The van der Waals surface area contributed by atoms with Crippen LogP contribution in [0.15, 0.2) is 18.2 Å². The number of nitrogens with one attached hydrogen (secondary N) is 1. The number of nitrogens with zero attached hydrogens (tertiary/aromatic N) is 1. The van der Waals surface area contributed by atoms with Gasteiger partial charge in [-0.3, -0.25) is 9.10 Å². The van der Waals surface area contributed by atoms with E-state index in [1.54, 1.807) is 0 Å². The lowest BCUT2D eigenvalue weighted by Crippen LogP contribution is -2.33. The lowest BCUT2D eigenvalue weighted by atomic mass is 9.99. The third-order valence-corrected chi connectivity index (χ3v) is 5.99. The van der Waals surface area contributed by atoms with Crippen molar-refractivity contribution < 1.29 is 13.2 Å². The predicted molar refractivity (Wildman–Crippen MR) is 114 cm³/mol. The maximum Gasteiger partial charge on any atom is 0.232 e. The summed E-state index contributed by atoms with van der Waals surface area (Å²) in [6.07, 6.45) is 6.61. The molecule has 0 aliphatic rings. The van der Waals surface area contributed by atoms with Crippen molar-refractivity contribution in [2.45, 2.75) is 66.2 Å². The van der Waals surface area contributed by atoms with Crippen molar-refractivity contribution in [1.29, 1.82) is 0 Å². The number of benzene rings is 1. The minimum Gasteiger partial charge on any atom is -0.356 e. The van der Waals surface area contributed by atoms with E-state index < -0.39 is 10.0 Å². The number of aryl methyl sites for hydroxylation is 2. The molecule has 0 bridgehead atoms. The molecule has 1 atom stereocenters. The molecule has 0 aromatic heterocycles. The minimum atomic E-state index is -3.39. The van der Waals surface area contributed by atoms with Crippen molar-refractivity contribution in [1.82, 2.24) is 5.32 Å². The van der Waals surface area contributed by atoms with Crippen LogP contribution in [0.25, 0.3) is 0 Å². The summed E-state index contributed by atoms with van der Waals surface area (Å²) in [5.74, 6) is 0.524. The van der Waals surface area contributed by atoms with Crippen molar-refractivity contribution in [2.24, 2.45) is 5.92 Å². The van der Waals surface area contributed by atoms with Gasteiger partial charge in [-0.2, -0.15) is 0 Å². The number of amides is 1. The Balaban J connectivity index is 2.58. The van der Waals surface area contributed by atoms with Gasteiger partial charge in [0.15, 0.2) is 0 Å². The molecule has 0 saturated heterocycles. The van der Waals surface area contributed by atoms with E-state index in [1.165, 1.54) is 23.4 Å². The first-order valence-electron chi connectivity index (χ1n) is 10.00. The molecule has 27 heavy (non-hydrogen) atoms. The van der Waals surface area contributed by atoms with Crippen LogP contribution in [0.4, 0.5) is 5.69 Å². The molecule has 5 nitrogen and oxygen atoms in total. The van der Waals surface area contributed by atoms with E-state index in [-0.39, 0.29) is 5.91 Å². The van der Waals surface area contributed by atoms with Gasteiger partial charge in [0, 0.05) is 19.5 Å². The van der Waals surface area contributed by atoms with Crippen molar-refractivity contribution >= 4 is 21.6 Å². The quantitative estimate of drug-likeness (QED) is 0.576. The average Bonchev–Trinajstić information content (AvgIpc) is 2.56. The van der Waals surface area contributed by atoms with Crippen LogP contribution in [0.2, 0.25) is 0 Å². The first kappa shape index (κ1) is 23.5. The fourth-order valence-corrected chi connectivity index (χ4v) is 4.20.